The van der Waals surface area contributed by atoms with E-state index in [1.807, 2.05) is 0 Å². The number of rotatable bonds is 3. The second-order valence-corrected chi connectivity index (χ2v) is 7.08. The topological polar surface area (TPSA) is 83.9 Å². The average Bonchev–Trinajstić information content (AvgIpc) is 2.54. The fourth-order valence-electron chi connectivity index (χ4n) is 2.35. The summed E-state index contributed by atoms with van der Waals surface area (Å²) in [5.41, 5.74) is 0.255. The zero-order chi connectivity index (χ0) is 16.6. The Balaban J connectivity index is 2.14. The normalized spacial score (nSPS) is 14.0. The number of carbonyl (C=O) groups is 1. The molecule has 0 saturated heterocycles. The van der Waals surface area contributed by atoms with Crippen LogP contribution in [0.1, 0.15) is 10.4 Å². The Morgan fingerprint density at radius 1 is 1.22 bits per heavy atom. The standard InChI is InChI=1S/C15H12ClNO5S/c16-11-6-5-10(15(18)19)9-14(11)23(20,21)17-7-8-22-13-4-2-1-3-12(13)17/h1-6,9H,7-8H2,(H,18,19). The minimum atomic E-state index is -4.00. The zero-order valence-corrected chi connectivity index (χ0v) is 13.3. The molecule has 1 aliphatic heterocycles. The summed E-state index contributed by atoms with van der Waals surface area (Å²) in [4.78, 5) is 10.9. The van der Waals surface area contributed by atoms with Crippen LogP contribution in [0.4, 0.5) is 5.69 Å². The molecule has 1 N–H and O–H groups in total. The summed E-state index contributed by atoms with van der Waals surface area (Å²) in [5.74, 6) is -0.770. The number of para-hydroxylation sites is 2. The summed E-state index contributed by atoms with van der Waals surface area (Å²) in [5, 5.41) is 9.03. The molecule has 2 aromatic rings. The van der Waals surface area contributed by atoms with Crippen LogP contribution >= 0.6 is 11.6 Å². The number of sulfonamides is 1. The van der Waals surface area contributed by atoms with E-state index in [-0.39, 0.29) is 28.6 Å². The number of ether oxygens (including phenoxy) is 1. The first-order valence-corrected chi connectivity index (χ1v) is 8.50. The highest BCUT2D eigenvalue weighted by Gasteiger charge is 2.32. The Bertz CT molecular complexity index is 881. The molecule has 0 atom stereocenters. The molecular weight excluding hydrogens is 342 g/mol. The maximum absolute atomic E-state index is 12.9. The molecule has 6 nitrogen and oxygen atoms in total. The number of hydrogen-bond acceptors (Lipinski definition) is 4. The van der Waals surface area contributed by atoms with Crippen LogP contribution in [-0.2, 0) is 10.0 Å². The van der Waals surface area contributed by atoms with Gasteiger partial charge in [-0.25, -0.2) is 13.2 Å². The van der Waals surface area contributed by atoms with E-state index in [0.29, 0.717) is 11.4 Å². The first-order valence-electron chi connectivity index (χ1n) is 6.68. The van der Waals surface area contributed by atoms with Gasteiger partial charge < -0.3 is 9.84 Å². The number of benzene rings is 2. The van der Waals surface area contributed by atoms with Gasteiger partial charge in [-0.3, -0.25) is 4.31 Å². The van der Waals surface area contributed by atoms with Crippen molar-refractivity contribution in [1.29, 1.82) is 0 Å². The van der Waals surface area contributed by atoms with Crippen LogP contribution in [0.2, 0.25) is 5.02 Å². The summed E-state index contributed by atoms with van der Waals surface area (Å²) < 4.78 is 32.5. The molecule has 1 aliphatic rings. The van der Waals surface area contributed by atoms with E-state index in [9.17, 15) is 13.2 Å². The molecule has 0 fully saturated rings. The molecule has 8 heteroatoms. The molecular formula is C15H12ClNO5S. The van der Waals surface area contributed by atoms with Gasteiger partial charge in [-0.15, -0.1) is 0 Å². The van der Waals surface area contributed by atoms with E-state index in [2.05, 4.69) is 0 Å². The number of anilines is 1. The maximum atomic E-state index is 12.9. The van der Waals surface area contributed by atoms with Crippen molar-refractivity contribution in [2.75, 3.05) is 17.5 Å². The third kappa shape index (κ3) is 2.73. The van der Waals surface area contributed by atoms with Gasteiger partial charge in [0.1, 0.15) is 17.3 Å². The van der Waals surface area contributed by atoms with Gasteiger partial charge >= 0.3 is 5.97 Å². The molecule has 3 rings (SSSR count). The van der Waals surface area contributed by atoms with Crippen molar-refractivity contribution in [2.24, 2.45) is 0 Å². The van der Waals surface area contributed by atoms with Gasteiger partial charge in [0.15, 0.2) is 0 Å². The number of nitrogens with zero attached hydrogens (tertiary/aromatic N) is 1. The van der Waals surface area contributed by atoms with Crippen LogP contribution in [0.5, 0.6) is 5.75 Å². The van der Waals surface area contributed by atoms with Gasteiger partial charge in [-0.2, -0.15) is 0 Å². The van der Waals surface area contributed by atoms with Gasteiger partial charge in [-0.05, 0) is 30.3 Å². The second kappa shape index (κ2) is 5.75. The monoisotopic (exact) mass is 353 g/mol. The SMILES string of the molecule is O=C(O)c1ccc(Cl)c(S(=O)(=O)N2CCOc3ccccc32)c1. The highest BCUT2D eigenvalue weighted by Crippen LogP contribution is 2.36. The van der Waals surface area contributed by atoms with E-state index in [1.165, 1.54) is 16.4 Å². The molecule has 0 unspecified atom stereocenters. The van der Waals surface area contributed by atoms with E-state index in [4.69, 9.17) is 21.4 Å². The average molecular weight is 354 g/mol. The lowest BCUT2D eigenvalue weighted by molar-refractivity contribution is 0.0696. The second-order valence-electron chi connectivity index (χ2n) is 4.84. The Hall–Kier alpha value is -2.25. The molecule has 0 saturated carbocycles. The number of fused-ring (bicyclic) bond motifs is 1. The lowest BCUT2D eigenvalue weighted by Gasteiger charge is -2.30. The lowest BCUT2D eigenvalue weighted by atomic mass is 10.2. The summed E-state index contributed by atoms with van der Waals surface area (Å²) in [6, 6.07) is 10.3. The van der Waals surface area contributed by atoms with Gasteiger partial charge in [0.2, 0.25) is 0 Å². The highest BCUT2D eigenvalue weighted by atomic mass is 35.5. The van der Waals surface area contributed by atoms with E-state index < -0.39 is 16.0 Å². The van der Waals surface area contributed by atoms with E-state index in [0.717, 1.165) is 6.07 Å². The quantitative estimate of drug-likeness (QED) is 0.917. The third-order valence-corrected chi connectivity index (χ3v) is 5.73. The largest absolute Gasteiger partial charge is 0.489 e. The number of halogens is 1. The number of carboxylic acids is 1. The predicted molar refractivity (Wildman–Crippen MR) is 84.9 cm³/mol. The molecule has 23 heavy (non-hydrogen) atoms. The number of hydrogen-bond donors (Lipinski definition) is 1. The predicted octanol–water partition coefficient (Wildman–Crippen LogP) is 2.63. The first kappa shape index (κ1) is 15.6. The lowest BCUT2D eigenvalue weighted by Crippen LogP contribution is -2.38. The van der Waals surface area contributed by atoms with E-state index >= 15 is 0 Å². The fraction of sp³-hybridized carbons (Fsp3) is 0.133. The molecule has 120 valence electrons. The van der Waals surface area contributed by atoms with Gasteiger partial charge in [0, 0.05) is 0 Å². The molecule has 0 bridgehead atoms. The smallest absolute Gasteiger partial charge is 0.335 e. The van der Waals surface area contributed by atoms with Gasteiger partial charge in [-0.1, -0.05) is 23.7 Å². The first-order chi connectivity index (χ1) is 10.9. The minimum Gasteiger partial charge on any atom is -0.489 e. The molecule has 0 amide bonds. The summed E-state index contributed by atoms with van der Waals surface area (Å²) in [6.07, 6.45) is 0. The van der Waals surface area contributed by atoms with Crippen LogP contribution in [0, 0.1) is 0 Å². The van der Waals surface area contributed by atoms with Crippen LogP contribution in [0.15, 0.2) is 47.4 Å². The minimum absolute atomic E-state index is 0.0287. The molecule has 2 aromatic carbocycles. The third-order valence-electron chi connectivity index (χ3n) is 3.43. The Morgan fingerprint density at radius 3 is 2.70 bits per heavy atom. The summed E-state index contributed by atoms with van der Waals surface area (Å²) >= 11 is 6.00. The molecule has 0 aromatic heterocycles. The van der Waals surface area contributed by atoms with Crippen LogP contribution in [0.25, 0.3) is 0 Å². The van der Waals surface area contributed by atoms with Crippen LogP contribution in [-0.4, -0.2) is 32.6 Å². The molecule has 0 radical (unpaired) electrons. The molecule has 1 heterocycles. The van der Waals surface area contributed by atoms with Crippen molar-refractivity contribution < 1.29 is 23.1 Å². The molecule has 0 aliphatic carbocycles. The van der Waals surface area contributed by atoms with Crippen molar-refractivity contribution in [3.05, 3.63) is 53.1 Å². The van der Waals surface area contributed by atoms with Gasteiger partial charge in [0.05, 0.1) is 22.8 Å². The molecule has 0 spiro atoms. The summed E-state index contributed by atoms with van der Waals surface area (Å²) in [7, 11) is -4.00. The number of aromatic carboxylic acids is 1. The Morgan fingerprint density at radius 2 is 1.96 bits per heavy atom. The van der Waals surface area contributed by atoms with E-state index in [1.54, 1.807) is 24.3 Å². The Kier molecular flexibility index (Phi) is 3.91. The number of carboxylic acid groups (broad SMARTS) is 1. The van der Waals surface area contributed by atoms with Crippen molar-refractivity contribution in [2.45, 2.75) is 4.90 Å². The Labute approximate surface area is 137 Å². The van der Waals surface area contributed by atoms with Crippen molar-refractivity contribution in [3.8, 4) is 5.75 Å². The van der Waals surface area contributed by atoms with Crippen molar-refractivity contribution >= 4 is 33.3 Å². The zero-order valence-electron chi connectivity index (χ0n) is 11.8. The summed E-state index contributed by atoms with van der Waals surface area (Å²) in [6.45, 7) is 0.319. The van der Waals surface area contributed by atoms with Crippen LogP contribution < -0.4 is 9.04 Å². The maximum Gasteiger partial charge on any atom is 0.335 e. The fourth-order valence-corrected chi connectivity index (χ4v) is 4.31. The van der Waals surface area contributed by atoms with Crippen LogP contribution in [0.3, 0.4) is 0 Å². The van der Waals surface area contributed by atoms with Gasteiger partial charge in [0.25, 0.3) is 10.0 Å². The highest BCUT2D eigenvalue weighted by molar-refractivity contribution is 7.93. The van der Waals surface area contributed by atoms with Crippen molar-refractivity contribution in [1.82, 2.24) is 0 Å². The van der Waals surface area contributed by atoms with Crippen molar-refractivity contribution in [3.63, 3.8) is 0 Å².